The summed E-state index contributed by atoms with van der Waals surface area (Å²) in [5.74, 6) is -0.365. The topological polar surface area (TPSA) is 76.0 Å². The van der Waals surface area contributed by atoms with Gasteiger partial charge in [-0.1, -0.05) is 28.1 Å². The van der Waals surface area contributed by atoms with Gasteiger partial charge in [0, 0.05) is 35.4 Å². The summed E-state index contributed by atoms with van der Waals surface area (Å²) in [6.45, 7) is 5.49. The maximum atomic E-state index is 13.3. The number of hydrogen-bond acceptors (Lipinski definition) is 3. The Balaban J connectivity index is 1.28. The number of nitrogens with zero attached hydrogens (tertiary/aromatic N) is 2. The molecular formula is C25H29BrN4O2. The van der Waals surface area contributed by atoms with Crippen molar-refractivity contribution in [2.45, 2.75) is 39.7 Å². The second-order valence-corrected chi connectivity index (χ2v) is 10.3. The van der Waals surface area contributed by atoms with Gasteiger partial charge in [0.2, 0.25) is 11.8 Å². The maximum absolute atomic E-state index is 13.3. The molecule has 6 nitrogen and oxygen atoms in total. The van der Waals surface area contributed by atoms with Gasteiger partial charge in [-0.05, 0) is 74.3 Å². The van der Waals surface area contributed by atoms with Crippen LogP contribution in [-0.4, -0.2) is 28.1 Å². The summed E-state index contributed by atoms with van der Waals surface area (Å²) in [7, 11) is 0. The predicted molar refractivity (Wildman–Crippen MR) is 127 cm³/mol. The number of rotatable bonds is 7. The number of halogens is 1. The lowest BCUT2D eigenvalue weighted by Crippen LogP contribution is -2.42. The highest BCUT2D eigenvalue weighted by Gasteiger charge is 2.69. The highest BCUT2D eigenvalue weighted by atomic mass is 79.9. The lowest BCUT2D eigenvalue weighted by Gasteiger charge is -2.26. The fraction of sp³-hybridized carbons (Fsp3) is 0.480. The summed E-state index contributed by atoms with van der Waals surface area (Å²) in [6, 6.07) is 9.65. The maximum Gasteiger partial charge on any atom is 0.228 e. The highest BCUT2D eigenvalue weighted by Crippen LogP contribution is 2.72. The van der Waals surface area contributed by atoms with Crippen molar-refractivity contribution >= 4 is 33.4 Å². The van der Waals surface area contributed by atoms with Crippen molar-refractivity contribution < 1.29 is 9.59 Å². The van der Waals surface area contributed by atoms with Gasteiger partial charge in [-0.3, -0.25) is 14.3 Å². The summed E-state index contributed by atoms with van der Waals surface area (Å²) in [4.78, 5) is 26.7. The van der Waals surface area contributed by atoms with Gasteiger partial charge in [0.15, 0.2) is 0 Å². The minimum absolute atomic E-state index is 0.00396. The first kappa shape index (κ1) is 21.4. The zero-order valence-corrected chi connectivity index (χ0v) is 20.1. The van der Waals surface area contributed by atoms with Crippen LogP contribution in [0.5, 0.6) is 0 Å². The molecule has 32 heavy (non-hydrogen) atoms. The Morgan fingerprint density at radius 1 is 1.12 bits per heavy atom. The van der Waals surface area contributed by atoms with Crippen LogP contribution >= 0.6 is 15.9 Å². The average molecular weight is 497 g/mol. The molecule has 1 heterocycles. The van der Waals surface area contributed by atoms with Gasteiger partial charge in [0.05, 0.1) is 17.5 Å². The van der Waals surface area contributed by atoms with Crippen LogP contribution < -0.4 is 10.6 Å². The molecule has 0 saturated heterocycles. The third-order valence-electron chi connectivity index (χ3n) is 7.57. The first-order valence-corrected chi connectivity index (χ1v) is 12.3. The monoisotopic (exact) mass is 496 g/mol. The third-order valence-corrected chi connectivity index (χ3v) is 8.10. The van der Waals surface area contributed by atoms with Crippen molar-refractivity contribution in [3.63, 3.8) is 0 Å². The smallest absolute Gasteiger partial charge is 0.228 e. The van der Waals surface area contributed by atoms with Crippen molar-refractivity contribution in [2.75, 3.05) is 11.9 Å². The number of aromatic nitrogens is 2. The number of carbonyl (C=O) groups excluding carboxylic acids is 2. The highest BCUT2D eigenvalue weighted by molar-refractivity contribution is 9.10. The zero-order valence-electron chi connectivity index (χ0n) is 18.5. The summed E-state index contributed by atoms with van der Waals surface area (Å²) in [5.41, 5.74) is 3.00. The first-order valence-electron chi connectivity index (χ1n) is 11.5. The minimum Gasteiger partial charge on any atom is -0.355 e. The predicted octanol–water partition coefficient (Wildman–Crippen LogP) is 4.10. The summed E-state index contributed by atoms with van der Waals surface area (Å²) in [6.07, 6.45) is 7.28. The van der Waals surface area contributed by atoms with Gasteiger partial charge in [0.1, 0.15) is 0 Å². The van der Waals surface area contributed by atoms with E-state index in [9.17, 15) is 9.59 Å². The molecule has 1 spiro atoms. The lowest BCUT2D eigenvalue weighted by atomic mass is 9.81. The molecule has 5 rings (SSSR count). The van der Waals surface area contributed by atoms with Gasteiger partial charge in [0.25, 0.3) is 0 Å². The standard InChI is InChI=1S/C25H29BrN4O2/c1-3-30-15(2)14-18(29-30)10-13-27-23(31)21-19-8-9-20(25(19)11-12-25)22(21)24(32)28-17-6-4-16(26)5-7-17/h4-9,14,19-22H,3,10-13H2,1-2H3,(H,27,31)(H,28,32)/t19-,20+,21-,22-/m1/s1. The van der Waals surface area contributed by atoms with Gasteiger partial charge in [-0.25, -0.2) is 0 Å². The molecule has 168 valence electrons. The van der Waals surface area contributed by atoms with Gasteiger partial charge in [-0.2, -0.15) is 5.10 Å². The third kappa shape index (κ3) is 3.60. The molecule has 2 fully saturated rings. The largest absolute Gasteiger partial charge is 0.355 e. The van der Waals surface area contributed by atoms with Crippen LogP contribution in [0.3, 0.4) is 0 Å². The van der Waals surface area contributed by atoms with Crippen LogP contribution in [0.1, 0.15) is 31.2 Å². The zero-order chi connectivity index (χ0) is 22.5. The van der Waals surface area contributed by atoms with Crippen LogP contribution in [0, 0.1) is 36.0 Å². The van der Waals surface area contributed by atoms with E-state index in [0.29, 0.717) is 13.0 Å². The van der Waals surface area contributed by atoms with E-state index in [2.05, 4.69) is 56.8 Å². The number of carbonyl (C=O) groups is 2. The Morgan fingerprint density at radius 3 is 2.38 bits per heavy atom. The Hall–Kier alpha value is -2.41. The van der Waals surface area contributed by atoms with Gasteiger partial charge >= 0.3 is 0 Å². The first-order chi connectivity index (χ1) is 15.4. The Kier molecular flexibility index (Phi) is 5.48. The van der Waals surface area contributed by atoms with Crippen molar-refractivity contribution in [1.29, 1.82) is 0 Å². The molecule has 4 atom stereocenters. The quantitative estimate of drug-likeness (QED) is 0.566. The summed E-state index contributed by atoms with van der Waals surface area (Å²) in [5, 5.41) is 10.8. The normalized spacial score (nSPS) is 26.5. The minimum atomic E-state index is -0.322. The van der Waals surface area contributed by atoms with Crippen molar-refractivity contribution in [2.24, 2.45) is 29.1 Å². The Bertz CT molecular complexity index is 1070. The molecule has 3 aliphatic carbocycles. The molecule has 2 saturated carbocycles. The average Bonchev–Trinajstić information content (AvgIpc) is 3.31. The van der Waals surface area contributed by atoms with E-state index in [1.165, 1.54) is 0 Å². The molecule has 1 aromatic carbocycles. The number of anilines is 1. The molecule has 1 aromatic heterocycles. The molecule has 2 amide bonds. The van der Waals surface area contributed by atoms with E-state index in [1.807, 2.05) is 35.9 Å². The number of nitrogens with one attached hydrogen (secondary N) is 2. The number of allylic oxidation sites excluding steroid dienone is 2. The molecule has 3 aliphatic rings. The van der Waals surface area contributed by atoms with Crippen LogP contribution in [0.2, 0.25) is 0 Å². The molecule has 0 aliphatic heterocycles. The molecular weight excluding hydrogens is 468 g/mol. The molecule has 2 N–H and O–H groups in total. The number of benzene rings is 1. The van der Waals surface area contributed by atoms with Crippen LogP contribution in [0.25, 0.3) is 0 Å². The lowest BCUT2D eigenvalue weighted by molar-refractivity contribution is -0.132. The summed E-state index contributed by atoms with van der Waals surface area (Å²) < 4.78 is 2.93. The van der Waals surface area contributed by atoms with Gasteiger partial charge < -0.3 is 10.6 Å². The number of amides is 2. The van der Waals surface area contributed by atoms with Crippen molar-refractivity contribution in [1.82, 2.24) is 15.1 Å². The van der Waals surface area contributed by atoms with E-state index in [4.69, 9.17) is 0 Å². The van der Waals surface area contributed by atoms with Crippen LogP contribution in [0.15, 0.2) is 47.0 Å². The van der Waals surface area contributed by atoms with Crippen molar-refractivity contribution in [3.8, 4) is 0 Å². The second kappa shape index (κ2) is 8.18. The van der Waals surface area contributed by atoms with Crippen molar-refractivity contribution in [3.05, 3.63) is 58.3 Å². The fourth-order valence-electron chi connectivity index (χ4n) is 5.92. The van der Waals surface area contributed by atoms with E-state index in [1.54, 1.807) is 0 Å². The number of hydrogen-bond donors (Lipinski definition) is 2. The Labute approximate surface area is 197 Å². The van der Waals surface area contributed by atoms with E-state index >= 15 is 0 Å². The van der Waals surface area contributed by atoms with E-state index in [-0.39, 0.29) is 40.9 Å². The molecule has 7 heteroatoms. The molecule has 0 unspecified atom stereocenters. The van der Waals surface area contributed by atoms with Gasteiger partial charge in [-0.15, -0.1) is 0 Å². The van der Waals surface area contributed by atoms with Crippen LogP contribution in [-0.2, 0) is 22.6 Å². The SMILES string of the molecule is CCn1nc(CCNC(=O)[C@H]2[C@H](C(=O)Nc3ccc(Br)cc3)[C@@H]3C=C[C@H]2C32CC2)cc1C. The van der Waals surface area contributed by atoms with Crippen LogP contribution in [0.4, 0.5) is 5.69 Å². The van der Waals surface area contributed by atoms with E-state index < -0.39 is 0 Å². The Morgan fingerprint density at radius 2 is 1.78 bits per heavy atom. The number of aryl methyl sites for hydroxylation is 2. The molecule has 2 aromatic rings. The fourth-order valence-corrected chi connectivity index (χ4v) is 6.19. The summed E-state index contributed by atoms with van der Waals surface area (Å²) >= 11 is 3.43. The van der Waals surface area contributed by atoms with E-state index in [0.717, 1.165) is 40.9 Å². The molecule has 2 bridgehead atoms. The molecule has 0 radical (unpaired) electrons. The second-order valence-electron chi connectivity index (χ2n) is 9.35.